The summed E-state index contributed by atoms with van der Waals surface area (Å²) in [6, 6.07) is 0. The van der Waals surface area contributed by atoms with Crippen LogP contribution < -0.4 is 0 Å². The van der Waals surface area contributed by atoms with Crippen molar-refractivity contribution in [3.63, 3.8) is 0 Å². The molecule has 0 heterocycles. The van der Waals surface area contributed by atoms with E-state index in [0.717, 1.165) is 6.29 Å². The number of aldehydes is 1. The summed E-state index contributed by atoms with van der Waals surface area (Å²) in [4.78, 5) is 24.2. The average Bonchev–Trinajstić information content (AvgIpc) is 2.43. The van der Waals surface area contributed by atoms with Gasteiger partial charge in [0.2, 0.25) is 8.32 Å². The highest BCUT2D eigenvalue weighted by Gasteiger charge is 2.49. The lowest BCUT2D eigenvalue weighted by molar-refractivity contribution is -0.163. The molecule has 0 N–H and O–H groups in total. The van der Waals surface area contributed by atoms with E-state index < -0.39 is 25.9 Å². The molecule has 3 atom stereocenters. The van der Waals surface area contributed by atoms with E-state index in [1.807, 2.05) is 34.6 Å². The first-order valence-electron chi connectivity index (χ1n) is 9.56. The van der Waals surface area contributed by atoms with Crippen LogP contribution in [0.5, 0.6) is 0 Å². The van der Waals surface area contributed by atoms with E-state index in [1.165, 1.54) is 0 Å². The van der Waals surface area contributed by atoms with E-state index in [4.69, 9.17) is 9.16 Å². The number of carbonyl (C=O) groups excluding carboxylic acids is 2. The zero-order chi connectivity index (χ0) is 20.2. The van der Waals surface area contributed by atoms with Crippen LogP contribution in [-0.4, -0.2) is 32.3 Å². The Labute approximate surface area is 156 Å². The summed E-state index contributed by atoms with van der Waals surface area (Å²) in [5.74, 6) is -1.14. The van der Waals surface area contributed by atoms with Crippen molar-refractivity contribution < 1.29 is 18.8 Å². The molecule has 0 aliphatic rings. The van der Waals surface area contributed by atoms with Crippen LogP contribution in [-0.2, 0) is 18.8 Å². The van der Waals surface area contributed by atoms with Crippen molar-refractivity contribution in [2.75, 3.05) is 0 Å². The predicted molar refractivity (Wildman–Crippen MR) is 106 cm³/mol. The van der Waals surface area contributed by atoms with Crippen LogP contribution in [0.3, 0.4) is 0 Å². The molecule has 0 radical (unpaired) electrons. The van der Waals surface area contributed by atoms with Crippen molar-refractivity contribution in [2.24, 2.45) is 11.8 Å². The molecule has 0 unspecified atom stereocenters. The molecule has 0 aliphatic heterocycles. The Kier molecular flexibility index (Phi) is 9.06. The van der Waals surface area contributed by atoms with Crippen molar-refractivity contribution in [1.82, 2.24) is 0 Å². The zero-order valence-corrected chi connectivity index (χ0v) is 19.2. The van der Waals surface area contributed by atoms with E-state index in [-0.39, 0.29) is 11.9 Å². The zero-order valence-electron chi connectivity index (χ0n) is 18.2. The second kappa shape index (κ2) is 9.31. The Balaban J connectivity index is 5.81. The second-order valence-electron chi connectivity index (χ2n) is 9.22. The lowest BCUT2D eigenvalue weighted by Crippen LogP contribution is -2.53. The molecule has 5 heteroatoms. The fourth-order valence-electron chi connectivity index (χ4n) is 3.91. The maximum absolute atomic E-state index is 12.6. The summed E-state index contributed by atoms with van der Waals surface area (Å²) in [5, 5.41) is 0. The first kappa shape index (κ1) is 24.3. The van der Waals surface area contributed by atoms with Gasteiger partial charge in [0, 0.05) is 5.92 Å². The third-order valence-electron chi connectivity index (χ3n) is 5.05. The van der Waals surface area contributed by atoms with Crippen LogP contribution in [0, 0.1) is 11.8 Å². The average molecular weight is 373 g/mol. The molecule has 0 saturated carbocycles. The summed E-state index contributed by atoms with van der Waals surface area (Å²) < 4.78 is 12.3. The standard InChI is InChI=1S/C20H40O4Si/c1-13(2)25(14(3)4,15(5)6)24-18(16(7)12-21)17(8)19(22)23-20(9,10)11/h12-18H,1-11H3/t16-,17+,18+/m1/s1. The van der Waals surface area contributed by atoms with Crippen LogP contribution in [0.1, 0.15) is 76.2 Å². The predicted octanol–water partition coefficient (Wildman–Crippen LogP) is 5.36. The number of ether oxygens (including phenoxy) is 1. The molecule has 0 saturated heterocycles. The van der Waals surface area contributed by atoms with Crippen molar-refractivity contribution in [3.8, 4) is 0 Å². The van der Waals surface area contributed by atoms with Gasteiger partial charge in [-0.3, -0.25) is 4.79 Å². The van der Waals surface area contributed by atoms with Crippen molar-refractivity contribution in [1.29, 1.82) is 0 Å². The largest absolute Gasteiger partial charge is 0.460 e. The van der Waals surface area contributed by atoms with E-state index >= 15 is 0 Å². The van der Waals surface area contributed by atoms with Crippen molar-refractivity contribution in [3.05, 3.63) is 0 Å². The van der Waals surface area contributed by atoms with Crippen LogP contribution in [0.4, 0.5) is 0 Å². The van der Waals surface area contributed by atoms with Crippen LogP contribution >= 0.6 is 0 Å². The maximum Gasteiger partial charge on any atom is 0.311 e. The highest BCUT2D eigenvalue weighted by Crippen LogP contribution is 2.44. The fraction of sp³-hybridized carbons (Fsp3) is 0.900. The third kappa shape index (κ3) is 6.21. The number of rotatable bonds is 9. The molecule has 0 aromatic heterocycles. The first-order chi connectivity index (χ1) is 11.2. The maximum atomic E-state index is 12.6. The molecular formula is C20H40O4Si. The van der Waals surface area contributed by atoms with Gasteiger partial charge in [-0.05, 0) is 44.3 Å². The molecule has 0 aliphatic carbocycles. The van der Waals surface area contributed by atoms with Gasteiger partial charge in [-0.1, -0.05) is 48.5 Å². The molecule has 148 valence electrons. The Bertz CT molecular complexity index is 416. The van der Waals surface area contributed by atoms with Gasteiger partial charge in [0.05, 0.1) is 12.0 Å². The molecule has 0 bridgehead atoms. The molecular weight excluding hydrogens is 332 g/mol. The molecule has 0 aromatic rings. The fourth-order valence-corrected chi connectivity index (χ4v) is 9.62. The first-order valence-corrected chi connectivity index (χ1v) is 11.7. The van der Waals surface area contributed by atoms with Gasteiger partial charge in [-0.15, -0.1) is 0 Å². The minimum atomic E-state index is -2.20. The SMILES string of the molecule is CC(C)[Si](O[C@@H]([C@H](C)C=O)[C@H](C)C(=O)OC(C)(C)C)(C(C)C)C(C)C. The summed E-state index contributed by atoms with van der Waals surface area (Å²) in [6.45, 7) is 22.4. The summed E-state index contributed by atoms with van der Waals surface area (Å²) in [7, 11) is -2.20. The molecule has 0 fully saturated rings. The van der Waals surface area contributed by atoms with Gasteiger partial charge in [0.1, 0.15) is 11.9 Å². The van der Waals surface area contributed by atoms with Crippen LogP contribution in [0.25, 0.3) is 0 Å². The van der Waals surface area contributed by atoms with Crippen molar-refractivity contribution in [2.45, 2.75) is 104 Å². The Hall–Kier alpha value is -0.683. The van der Waals surface area contributed by atoms with Gasteiger partial charge in [-0.25, -0.2) is 0 Å². The van der Waals surface area contributed by atoms with Gasteiger partial charge in [0.25, 0.3) is 0 Å². The monoisotopic (exact) mass is 372 g/mol. The molecule has 0 spiro atoms. The molecule has 0 rings (SSSR count). The van der Waals surface area contributed by atoms with Gasteiger partial charge < -0.3 is 14.0 Å². The number of carbonyl (C=O) groups is 2. The molecule has 25 heavy (non-hydrogen) atoms. The van der Waals surface area contributed by atoms with Crippen LogP contribution in [0.2, 0.25) is 16.6 Å². The molecule has 0 amide bonds. The van der Waals surface area contributed by atoms with E-state index in [2.05, 4.69) is 41.5 Å². The topological polar surface area (TPSA) is 52.6 Å². The third-order valence-corrected chi connectivity index (χ3v) is 11.1. The summed E-state index contributed by atoms with van der Waals surface area (Å²) in [6.07, 6.45) is 0.442. The number of esters is 1. The number of hydrogen-bond donors (Lipinski definition) is 0. The number of hydrogen-bond acceptors (Lipinski definition) is 4. The summed E-state index contributed by atoms with van der Waals surface area (Å²) in [5.41, 5.74) is 0.613. The normalized spacial score (nSPS) is 16.9. The van der Waals surface area contributed by atoms with Gasteiger partial charge >= 0.3 is 5.97 Å². The van der Waals surface area contributed by atoms with Gasteiger partial charge in [-0.2, -0.15) is 0 Å². The molecule has 4 nitrogen and oxygen atoms in total. The summed E-state index contributed by atoms with van der Waals surface area (Å²) >= 11 is 0. The second-order valence-corrected chi connectivity index (χ2v) is 14.6. The van der Waals surface area contributed by atoms with E-state index in [1.54, 1.807) is 0 Å². The molecule has 0 aromatic carbocycles. The lowest BCUT2D eigenvalue weighted by atomic mass is 9.94. The minimum absolute atomic E-state index is 0.301. The lowest BCUT2D eigenvalue weighted by Gasteiger charge is -2.46. The highest BCUT2D eigenvalue weighted by atomic mass is 28.4. The highest BCUT2D eigenvalue weighted by molar-refractivity contribution is 6.77. The van der Waals surface area contributed by atoms with Crippen LogP contribution in [0.15, 0.2) is 0 Å². The Morgan fingerprint density at radius 1 is 0.880 bits per heavy atom. The van der Waals surface area contributed by atoms with E-state index in [0.29, 0.717) is 16.6 Å². The van der Waals surface area contributed by atoms with Gasteiger partial charge in [0.15, 0.2) is 0 Å². The van der Waals surface area contributed by atoms with E-state index in [9.17, 15) is 9.59 Å². The van der Waals surface area contributed by atoms with Crippen molar-refractivity contribution >= 4 is 20.6 Å². The quantitative estimate of drug-likeness (QED) is 0.310. The Morgan fingerprint density at radius 2 is 1.28 bits per heavy atom. The minimum Gasteiger partial charge on any atom is -0.460 e. The Morgan fingerprint density at radius 3 is 1.56 bits per heavy atom. The smallest absolute Gasteiger partial charge is 0.311 e.